The fraction of sp³-hybridized carbons (Fsp3) is 0.353. The van der Waals surface area contributed by atoms with E-state index in [1.807, 2.05) is 18.3 Å². The molecule has 0 amide bonds. The molecule has 112 valence electrons. The summed E-state index contributed by atoms with van der Waals surface area (Å²) in [5.41, 5.74) is 8.82. The van der Waals surface area contributed by atoms with Crippen LogP contribution in [0.2, 0.25) is 0 Å². The number of hydrogen-bond acceptors (Lipinski definition) is 3. The molecule has 0 spiro atoms. The van der Waals surface area contributed by atoms with Crippen LogP contribution in [0.1, 0.15) is 30.1 Å². The molecule has 2 aromatic rings. The van der Waals surface area contributed by atoms with Gasteiger partial charge in [-0.2, -0.15) is 0 Å². The molecule has 0 radical (unpaired) electrons. The summed E-state index contributed by atoms with van der Waals surface area (Å²) in [5.74, 6) is 0.419. The summed E-state index contributed by atoms with van der Waals surface area (Å²) in [6, 6.07) is 17.2. The molecule has 1 unspecified atom stereocenters. The largest absolute Gasteiger partial charge is 0.326 e. The number of aromatic nitrogens is 1. The molecule has 1 aromatic carbocycles. The van der Waals surface area contributed by atoms with Crippen molar-refractivity contribution in [1.82, 2.24) is 9.88 Å². The highest BCUT2D eigenvalue weighted by atomic mass is 35.5. The first-order valence-electron chi connectivity index (χ1n) is 7.21. The van der Waals surface area contributed by atoms with E-state index >= 15 is 0 Å². The van der Waals surface area contributed by atoms with Gasteiger partial charge in [0.15, 0.2) is 0 Å². The van der Waals surface area contributed by atoms with Gasteiger partial charge >= 0.3 is 0 Å². The molecule has 2 N–H and O–H groups in total. The molecule has 4 heteroatoms. The standard InChI is InChI=1S/C17H21N3.ClH/c1-13(17-9-5-6-10-19-17)20-11-15(16(18)12-20)14-7-3-2-4-8-14;/h2-10,13,15-16H,11-12,18H2,1H3;1H/t13?,15-,16+;/m0./s1. The maximum absolute atomic E-state index is 6.36. The molecule has 21 heavy (non-hydrogen) atoms. The summed E-state index contributed by atoms with van der Waals surface area (Å²) in [4.78, 5) is 6.90. The van der Waals surface area contributed by atoms with Gasteiger partial charge in [-0.1, -0.05) is 36.4 Å². The molecule has 1 aliphatic rings. The molecule has 0 aliphatic carbocycles. The van der Waals surface area contributed by atoms with Crippen LogP contribution in [0.25, 0.3) is 0 Å². The zero-order valence-corrected chi connectivity index (χ0v) is 13.0. The Morgan fingerprint density at radius 1 is 1.10 bits per heavy atom. The molecular formula is C17H22ClN3. The molecule has 2 heterocycles. The van der Waals surface area contributed by atoms with E-state index < -0.39 is 0 Å². The minimum absolute atomic E-state index is 0. The van der Waals surface area contributed by atoms with Crippen molar-refractivity contribution in [2.45, 2.75) is 24.9 Å². The predicted molar refractivity (Wildman–Crippen MR) is 88.6 cm³/mol. The fourth-order valence-electron chi connectivity index (χ4n) is 3.04. The lowest BCUT2D eigenvalue weighted by atomic mass is 9.95. The van der Waals surface area contributed by atoms with Gasteiger partial charge in [0.25, 0.3) is 0 Å². The normalized spacial score (nSPS) is 23.5. The summed E-state index contributed by atoms with van der Waals surface area (Å²) in [6.07, 6.45) is 1.86. The topological polar surface area (TPSA) is 42.2 Å². The number of halogens is 1. The number of likely N-dealkylation sites (tertiary alicyclic amines) is 1. The Bertz CT molecular complexity index is 546. The zero-order chi connectivity index (χ0) is 13.9. The number of pyridine rings is 1. The zero-order valence-electron chi connectivity index (χ0n) is 12.2. The van der Waals surface area contributed by atoms with Crippen molar-refractivity contribution in [2.24, 2.45) is 5.73 Å². The van der Waals surface area contributed by atoms with Gasteiger partial charge in [-0.05, 0) is 24.6 Å². The molecule has 3 rings (SSSR count). The molecule has 1 fully saturated rings. The quantitative estimate of drug-likeness (QED) is 0.948. The summed E-state index contributed by atoms with van der Waals surface area (Å²) in [5, 5.41) is 0. The smallest absolute Gasteiger partial charge is 0.0572 e. The Hall–Kier alpha value is -1.42. The highest BCUT2D eigenvalue weighted by molar-refractivity contribution is 5.85. The first kappa shape index (κ1) is 16.0. The number of hydrogen-bond donors (Lipinski definition) is 1. The summed E-state index contributed by atoms with van der Waals surface area (Å²) in [6.45, 7) is 4.14. The van der Waals surface area contributed by atoms with E-state index in [0.717, 1.165) is 18.8 Å². The van der Waals surface area contributed by atoms with Gasteiger partial charge in [-0.15, -0.1) is 12.4 Å². The second-order valence-corrected chi connectivity index (χ2v) is 5.57. The van der Waals surface area contributed by atoms with E-state index in [-0.39, 0.29) is 18.4 Å². The molecule has 3 nitrogen and oxygen atoms in total. The third-order valence-electron chi connectivity index (χ3n) is 4.28. The van der Waals surface area contributed by atoms with Crippen molar-refractivity contribution in [2.75, 3.05) is 13.1 Å². The predicted octanol–water partition coefficient (Wildman–Crippen LogP) is 2.99. The second-order valence-electron chi connectivity index (χ2n) is 5.57. The maximum Gasteiger partial charge on any atom is 0.0572 e. The van der Waals surface area contributed by atoms with Crippen LogP contribution in [0.5, 0.6) is 0 Å². The van der Waals surface area contributed by atoms with Crippen LogP contribution in [0.3, 0.4) is 0 Å². The van der Waals surface area contributed by atoms with Crippen LogP contribution in [0.4, 0.5) is 0 Å². The number of benzene rings is 1. The molecule has 3 atom stereocenters. The summed E-state index contributed by atoms with van der Waals surface area (Å²) in [7, 11) is 0. The van der Waals surface area contributed by atoms with E-state index in [2.05, 4.69) is 53.2 Å². The van der Waals surface area contributed by atoms with Gasteiger partial charge in [0, 0.05) is 37.3 Å². The Morgan fingerprint density at radius 3 is 2.48 bits per heavy atom. The van der Waals surface area contributed by atoms with Crippen molar-refractivity contribution in [1.29, 1.82) is 0 Å². The van der Waals surface area contributed by atoms with Crippen LogP contribution in [-0.4, -0.2) is 29.0 Å². The van der Waals surface area contributed by atoms with E-state index in [1.165, 1.54) is 5.56 Å². The molecule has 1 aliphatic heterocycles. The molecule has 1 saturated heterocycles. The summed E-state index contributed by atoms with van der Waals surface area (Å²) >= 11 is 0. The first-order chi connectivity index (χ1) is 9.75. The molecule has 0 saturated carbocycles. The number of rotatable bonds is 3. The summed E-state index contributed by atoms with van der Waals surface area (Å²) < 4.78 is 0. The van der Waals surface area contributed by atoms with Crippen LogP contribution in [0, 0.1) is 0 Å². The average molecular weight is 304 g/mol. The number of nitrogens with zero attached hydrogens (tertiary/aromatic N) is 2. The average Bonchev–Trinajstić information content (AvgIpc) is 2.90. The van der Waals surface area contributed by atoms with E-state index in [0.29, 0.717) is 12.0 Å². The molecule has 0 bridgehead atoms. The van der Waals surface area contributed by atoms with Gasteiger partial charge in [-0.25, -0.2) is 0 Å². The minimum Gasteiger partial charge on any atom is -0.326 e. The van der Waals surface area contributed by atoms with Gasteiger partial charge in [0.1, 0.15) is 0 Å². The van der Waals surface area contributed by atoms with E-state index in [1.54, 1.807) is 0 Å². The van der Waals surface area contributed by atoms with Crippen molar-refractivity contribution in [3.8, 4) is 0 Å². The van der Waals surface area contributed by atoms with Crippen LogP contribution in [-0.2, 0) is 0 Å². The van der Waals surface area contributed by atoms with Crippen molar-refractivity contribution < 1.29 is 0 Å². The van der Waals surface area contributed by atoms with Gasteiger partial charge in [-0.3, -0.25) is 9.88 Å². The fourth-order valence-corrected chi connectivity index (χ4v) is 3.04. The molecular weight excluding hydrogens is 282 g/mol. The van der Waals surface area contributed by atoms with Crippen LogP contribution < -0.4 is 5.73 Å². The van der Waals surface area contributed by atoms with Crippen molar-refractivity contribution in [3.63, 3.8) is 0 Å². The lowest BCUT2D eigenvalue weighted by Gasteiger charge is -2.23. The second kappa shape index (κ2) is 7.03. The first-order valence-corrected chi connectivity index (χ1v) is 7.21. The third kappa shape index (κ3) is 3.43. The molecule has 1 aromatic heterocycles. The van der Waals surface area contributed by atoms with E-state index in [4.69, 9.17) is 5.73 Å². The van der Waals surface area contributed by atoms with E-state index in [9.17, 15) is 0 Å². The Labute approximate surface area is 132 Å². The minimum atomic E-state index is 0. The van der Waals surface area contributed by atoms with Crippen LogP contribution in [0.15, 0.2) is 54.7 Å². The lowest BCUT2D eigenvalue weighted by Crippen LogP contribution is -2.30. The monoisotopic (exact) mass is 303 g/mol. The Balaban J connectivity index is 0.00000161. The highest BCUT2D eigenvalue weighted by Gasteiger charge is 2.34. The Kier molecular flexibility index (Phi) is 5.34. The van der Waals surface area contributed by atoms with Gasteiger partial charge in [0.05, 0.1) is 5.69 Å². The van der Waals surface area contributed by atoms with Gasteiger partial charge < -0.3 is 5.73 Å². The maximum atomic E-state index is 6.36. The third-order valence-corrected chi connectivity index (χ3v) is 4.28. The SMILES string of the molecule is CC(c1ccccn1)N1C[C@@H](N)[C@H](c2ccccc2)C1.Cl. The van der Waals surface area contributed by atoms with Crippen molar-refractivity contribution in [3.05, 3.63) is 66.0 Å². The van der Waals surface area contributed by atoms with Gasteiger partial charge in [0.2, 0.25) is 0 Å². The number of nitrogens with two attached hydrogens (primary N) is 1. The van der Waals surface area contributed by atoms with Crippen LogP contribution >= 0.6 is 12.4 Å². The lowest BCUT2D eigenvalue weighted by molar-refractivity contribution is 0.253. The highest BCUT2D eigenvalue weighted by Crippen LogP contribution is 2.31. The van der Waals surface area contributed by atoms with Crippen molar-refractivity contribution >= 4 is 12.4 Å². The Morgan fingerprint density at radius 2 is 1.81 bits per heavy atom.